The molecule has 0 aliphatic heterocycles. The first-order valence-corrected chi connectivity index (χ1v) is 8.26. The van der Waals surface area contributed by atoms with E-state index in [4.69, 9.17) is 25.8 Å². The molecular formula is C19H22ClNO4. The van der Waals surface area contributed by atoms with Gasteiger partial charge in [-0.25, -0.2) is 0 Å². The Morgan fingerprint density at radius 2 is 1.72 bits per heavy atom. The summed E-state index contributed by atoms with van der Waals surface area (Å²) in [5, 5.41) is 0.597. The third-order valence-corrected chi connectivity index (χ3v) is 3.94. The van der Waals surface area contributed by atoms with Gasteiger partial charge in [0.15, 0.2) is 11.5 Å². The Bertz CT molecular complexity index is 748. The second-order valence-corrected chi connectivity index (χ2v) is 5.85. The molecule has 0 heterocycles. The molecule has 0 unspecified atom stereocenters. The van der Waals surface area contributed by atoms with Crippen molar-refractivity contribution in [2.24, 2.45) is 0 Å². The van der Waals surface area contributed by atoms with E-state index in [-0.39, 0.29) is 5.91 Å². The highest BCUT2D eigenvalue weighted by molar-refractivity contribution is 6.30. The number of nitrogens with zero attached hydrogens (tertiary/aromatic N) is 1. The molecule has 0 N–H and O–H groups in total. The van der Waals surface area contributed by atoms with Crippen molar-refractivity contribution in [2.45, 2.75) is 13.5 Å². The second kappa shape index (κ2) is 8.62. The topological polar surface area (TPSA) is 48.0 Å². The number of benzene rings is 2. The Kier molecular flexibility index (Phi) is 6.53. The van der Waals surface area contributed by atoms with Crippen LogP contribution in [0, 0.1) is 0 Å². The van der Waals surface area contributed by atoms with Crippen LogP contribution in [0.4, 0.5) is 0 Å². The molecule has 0 aliphatic rings. The van der Waals surface area contributed by atoms with E-state index in [9.17, 15) is 4.79 Å². The van der Waals surface area contributed by atoms with Gasteiger partial charge in [-0.3, -0.25) is 4.79 Å². The lowest BCUT2D eigenvalue weighted by molar-refractivity contribution is 0.0783. The molecular weight excluding hydrogens is 342 g/mol. The van der Waals surface area contributed by atoms with Gasteiger partial charge >= 0.3 is 0 Å². The van der Waals surface area contributed by atoms with Gasteiger partial charge in [0.05, 0.1) is 20.8 Å². The van der Waals surface area contributed by atoms with Gasteiger partial charge in [-0.15, -0.1) is 0 Å². The number of halogens is 1. The number of rotatable bonds is 7. The molecule has 134 valence electrons. The van der Waals surface area contributed by atoms with Crippen LogP contribution in [0.2, 0.25) is 5.02 Å². The maximum Gasteiger partial charge on any atom is 0.254 e. The van der Waals surface area contributed by atoms with Crippen LogP contribution in [-0.4, -0.2) is 38.7 Å². The number of methoxy groups -OCH3 is 2. The third kappa shape index (κ3) is 4.57. The highest BCUT2D eigenvalue weighted by atomic mass is 35.5. The number of carbonyl (C=O) groups is 1. The maximum atomic E-state index is 12.7. The summed E-state index contributed by atoms with van der Waals surface area (Å²) in [6.45, 7) is 2.74. The van der Waals surface area contributed by atoms with Gasteiger partial charge < -0.3 is 19.1 Å². The highest BCUT2D eigenvalue weighted by Crippen LogP contribution is 2.29. The first-order valence-electron chi connectivity index (χ1n) is 7.88. The molecule has 0 atom stereocenters. The first kappa shape index (κ1) is 18.9. The van der Waals surface area contributed by atoms with Crippen molar-refractivity contribution in [1.29, 1.82) is 0 Å². The normalized spacial score (nSPS) is 10.3. The molecule has 2 rings (SSSR count). The summed E-state index contributed by atoms with van der Waals surface area (Å²) in [5.41, 5.74) is 1.36. The maximum absolute atomic E-state index is 12.7. The van der Waals surface area contributed by atoms with Gasteiger partial charge in [-0.2, -0.15) is 0 Å². The summed E-state index contributed by atoms with van der Waals surface area (Å²) in [5.74, 6) is 1.70. The van der Waals surface area contributed by atoms with Crippen LogP contribution in [0.15, 0.2) is 36.4 Å². The van der Waals surface area contributed by atoms with Crippen LogP contribution in [0.3, 0.4) is 0 Å². The number of hydrogen-bond donors (Lipinski definition) is 0. The van der Waals surface area contributed by atoms with Crippen molar-refractivity contribution in [3.63, 3.8) is 0 Å². The molecule has 2 aromatic carbocycles. The van der Waals surface area contributed by atoms with Crippen molar-refractivity contribution in [1.82, 2.24) is 4.90 Å². The number of hydrogen-bond acceptors (Lipinski definition) is 4. The Morgan fingerprint density at radius 3 is 2.36 bits per heavy atom. The molecule has 0 fully saturated rings. The lowest BCUT2D eigenvalue weighted by atomic mass is 10.1. The van der Waals surface area contributed by atoms with Gasteiger partial charge in [-0.05, 0) is 43.3 Å². The molecule has 0 spiro atoms. The Hall–Kier alpha value is -2.40. The van der Waals surface area contributed by atoms with E-state index < -0.39 is 0 Å². The molecule has 0 radical (unpaired) electrons. The van der Waals surface area contributed by atoms with Gasteiger partial charge in [0, 0.05) is 29.7 Å². The molecule has 25 heavy (non-hydrogen) atoms. The number of carbonyl (C=O) groups excluding carboxylic acids is 1. The summed E-state index contributed by atoms with van der Waals surface area (Å²) in [6, 6.07) is 10.5. The van der Waals surface area contributed by atoms with Gasteiger partial charge in [0.2, 0.25) is 0 Å². The standard InChI is InChI=1S/C19H22ClNO4/c1-5-25-18-11-13(6-8-17(18)24-4)19(22)21(2)12-14-10-15(20)7-9-16(14)23-3/h6-11H,5,12H2,1-4H3. The Labute approximate surface area is 153 Å². The highest BCUT2D eigenvalue weighted by Gasteiger charge is 2.17. The fourth-order valence-corrected chi connectivity index (χ4v) is 2.69. The van der Waals surface area contributed by atoms with Crippen LogP contribution in [0.5, 0.6) is 17.2 Å². The third-order valence-electron chi connectivity index (χ3n) is 3.71. The van der Waals surface area contributed by atoms with E-state index in [0.717, 1.165) is 5.56 Å². The lowest BCUT2D eigenvalue weighted by Crippen LogP contribution is -2.26. The molecule has 0 saturated carbocycles. The number of ether oxygens (including phenoxy) is 3. The SMILES string of the molecule is CCOc1cc(C(=O)N(C)Cc2cc(Cl)ccc2OC)ccc1OC. The molecule has 5 nitrogen and oxygen atoms in total. The van der Waals surface area contributed by atoms with E-state index in [0.29, 0.717) is 41.0 Å². The zero-order valence-electron chi connectivity index (χ0n) is 14.8. The fraction of sp³-hybridized carbons (Fsp3) is 0.316. The predicted molar refractivity (Wildman–Crippen MR) is 98.0 cm³/mol. The summed E-state index contributed by atoms with van der Waals surface area (Å²) >= 11 is 6.05. The van der Waals surface area contributed by atoms with E-state index in [1.165, 1.54) is 0 Å². The fourth-order valence-electron chi connectivity index (χ4n) is 2.50. The van der Waals surface area contributed by atoms with Crippen molar-refractivity contribution in [3.8, 4) is 17.2 Å². The zero-order chi connectivity index (χ0) is 18.4. The van der Waals surface area contributed by atoms with E-state index in [1.54, 1.807) is 62.6 Å². The van der Waals surface area contributed by atoms with Gasteiger partial charge in [0.1, 0.15) is 5.75 Å². The molecule has 0 bridgehead atoms. The monoisotopic (exact) mass is 363 g/mol. The second-order valence-electron chi connectivity index (χ2n) is 5.42. The average Bonchev–Trinajstić information content (AvgIpc) is 2.61. The van der Waals surface area contributed by atoms with Crippen LogP contribution in [0.25, 0.3) is 0 Å². The van der Waals surface area contributed by atoms with Crippen LogP contribution in [0.1, 0.15) is 22.8 Å². The van der Waals surface area contributed by atoms with Crippen LogP contribution in [-0.2, 0) is 6.54 Å². The zero-order valence-corrected chi connectivity index (χ0v) is 15.6. The summed E-state index contributed by atoms with van der Waals surface area (Å²) in [7, 11) is 4.89. The van der Waals surface area contributed by atoms with E-state index >= 15 is 0 Å². The molecule has 1 amide bonds. The molecule has 0 aliphatic carbocycles. The largest absolute Gasteiger partial charge is 0.496 e. The quantitative estimate of drug-likeness (QED) is 0.745. The van der Waals surface area contributed by atoms with Crippen molar-refractivity contribution in [3.05, 3.63) is 52.5 Å². The summed E-state index contributed by atoms with van der Waals surface area (Å²) in [4.78, 5) is 14.3. The van der Waals surface area contributed by atoms with Crippen LogP contribution < -0.4 is 14.2 Å². The minimum Gasteiger partial charge on any atom is -0.496 e. The number of amides is 1. The van der Waals surface area contributed by atoms with Crippen LogP contribution >= 0.6 is 11.6 Å². The van der Waals surface area contributed by atoms with E-state index in [1.807, 2.05) is 6.92 Å². The Morgan fingerprint density at radius 1 is 1.04 bits per heavy atom. The molecule has 6 heteroatoms. The lowest BCUT2D eigenvalue weighted by Gasteiger charge is -2.20. The van der Waals surface area contributed by atoms with Crippen molar-refractivity contribution >= 4 is 17.5 Å². The minimum atomic E-state index is -0.134. The summed E-state index contributed by atoms with van der Waals surface area (Å²) in [6.07, 6.45) is 0. The minimum absolute atomic E-state index is 0.134. The average molecular weight is 364 g/mol. The predicted octanol–water partition coefficient (Wildman–Crippen LogP) is 4.03. The first-order chi connectivity index (χ1) is 12.0. The molecule has 0 saturated heterocycles. The van der Waals surface area contributed by atoms with Crippen molar-refractivity contribution < 1.29 is 19.0 Å². The van der Waals surface area contributed by atoms with Gasteiger partial charge in [0.25, 0.3) is 5.91 Å². The Balaban J connectivity index is 2.22. The molecule has 0 aromatic heterocycles. The smallest absolute Gasteiger partial charge is 0.254 e. The van der Waals surface area contributed by atoms with E-state index in [2.05, 4.69) is 0 Å². The molecule has 2 aromatic rings. The summed E-state index contributed by atoms with van der Waals surface area (Å²) < 4.78 is 16.1. The van der Waals surface area contributed by atoms with Gasteiger partial charge in [-0.1, -0.05) is 11.6 Å². The van der Waals surface area contributed by atoms with Crippen molar-refractivity contribution in [2.75, 3.05) is 27.9 Å².